The van der Waals surface area contributed by atoms with Crippen LogP contribution in [0, 0.1) is 11.6 Å². The Labute approximate surface area is 143 Å². The second-order valence-electron chi connectivity index (χ2n) is 4.47. The summed E-state index contributed by atoms with van der Waals surface area (Å²) in [5, 5.41) is -0.120. The summed E-state index contributed by atoms with van der Waals surface area (Å²) in [6.45, 7) is 8.00. The van der Waals surface area contributed by atoms with Crippen molar-refractivity contribution in [1.29, 1.82) is 0 Å². The lowest BCUT2D eigenvalue weighted by Gasteiger charge is -2.07. The molecule has 3 N–H and O–H groups in total. The van der Waals surface area contributed by atoms with Crippen LogP contribution in [0.4, 0.5) is 14.5 Å². The fraction of sp³-hybridized carbons (Fsp3) is 0.222. The predicted molar refractivity (Wildman–Crippen MR) is 97.2 cm³/mol. The average Bonchev–Trinajstić information content (AvgIpc) is 2.62. The lowest BCUT2D eigenvalue weighted by Crippen LogP contribution is -2.33. The van der Waals surface area contributed by atoms with Crippen LogP contribution in [0.3, 0.4) is 0 Å². The van der Waals surface area contributed by atoms with Crippen molar-refractivity contribution >= 4 is 16.6 Å². The van der Waals surface area contributed by atoms with Crippen molar-refractivity contribution in [3.8, 4) is 5.69 Å². The number of halogens is 2. The van der Waals surface area contributed by atoms with E-state index in [4.69, 9.17) is 5.73 Å². The Morgan fingerprint density at radius 3 is 2.00 bits per heavy atom. The molecule has 5 nitrogen and oxygen atoms in total. The SMILES string of the molecule is CC.CC.Nc1ccc(-n2c(=O)[nH]c3cc(F)c(F)cc3c2=O)cc1. The van der Waals surface area contributed by atoms with Crippen molar-refractivity contribution < 1.29 is 8.78 Å². The van der Waals surface area contributed by atoms with Gasteiger partial charge in [0.1, 0.15) is 0 Å². The van der Waals surface area contributed by atoms with Gasteiger partial charge in [-0.1, -0.05) is 27.7 Å². The molecule has 7 heteroatoms. The van der Waals surface area contributed by atoms with E-state index in [1.165, 1.54) is 24.3 Å². The number of benzene rings is 2. The molecule has 0 atom stereocenters. The molecule has 0 aliphatic heterocycles. The van der Waals surface area contributed by atoms with E-state index in [9.17, 15) is 18.4 Å². The van der Waals surface area contributed by atoms with Crippen LogP contribution >= 0.6 is 0 Å². The maximum Gasteiger partial charge on any atom is 0.333 e. The molecular formula is C18H21F2N3O2. The van der Waals surface area contributed by atoms with Gasteiger partial charge in [0.15, 0.2) is 11.6 Å². The number of aromatic amines is 1. The third-order valence-electron chi connectivity index (χ3n) is 3.09. The van der Waals surface area contributed by atoms with Crippen molar-refractivity contribution in [2.45, 2.75) is 27.7 Å². The number of aromatic nitrogens is 2. The quantitative estimate of drug-likeness (QED) is 0.659. The van der Waals surface area contributed by atoms with Gasteiger partial charge in [-0.25, -0.2) is 18.1 Å². The minimum absolute atomic E-state index is 0.0596. The Bertz CT molecular complexity index is 961. The molecule has 25 heavy (non-hydrogen) atoms. The van der Waals surface area contributed by atoms with E-state index in [-0.39, 0.29) is 16.6 Å². The van der Waals surface area contributed by atoms with Crippen molar-refractivity contribution in [2.75, 3.05) is 5.73 Å². The van der Waals surface area contributed by atoms with Crippen LogP contribution in [-0.2, 0) is 0 Å². The zero-order chi connectivity index (χ0) is 19.1. The number of nitrogens with two attached hydrogens (primary N) is 1. The van der Waals surface area contributed by atoms with Crippen molar-refractivity contribution in [3.05, 3.63) is 68.9 Å². The van der Waals surface area contributed by atoms with Gasteiger partial charge in [-0.2, -0.15) is 0 Å². The monoisotopic (exact) mass is 349 g/mol. The summed E-state index contributed by atoms with van der Waals surface area (Å²) in [4.78, 5) is 26.7. The minimum atomic E-state index is -1.16. The number of nitrogens with zero attached hydrogens (tertiary/aromatic N) is 1. The van der Waals surface area contributed by atoms with Crippen LogP contribution in [-0.4, -0.2) is 9.55 Å². The first-order chi connectivity index (χ1) is 12.0. The summed E-state index contributed by atoms with van der Waals surface area (Å²) in [6.07, 6.45) is 0. The second kappa shape index (κ2) is 8.77. The van der Waals surface area contributed by atoms with E-state index < -0.39 is 22.9 Å². The fourth-order valence-corrected chi connectivity index (χ4v) is 2.07. The molecule has 0 fully saturated rings. The summed E-state index contributed by atoms with van der Waals surface area (Å²) in [7, 11) is 0. The highest BCUT2D eigenvalue weighted by Crippen LogP contribution is 2.13. The van der Waals surface area contributed by atoms with Crippen LogP contribution in [0.25, 0.3) is 16.6 Å². The average molecular weight is 349 g/mol. The molecule has 0 aliphatic carbocycles. The van der Waals surface area contributed by atoms with Crippen LogP contribution in [0.2, 0.25) is 0 Å². The number of rotatable bonds is 1. The maximum absolute atomic E-state index is 13.3. The molecule has 2 aromatic carbocycles. The molecule has 0 saturated heterocycles. The van der Waals surface area contributed by atoms with Gasteiger partial charge in [-0.15, -0.1) is 0 Å². The number of H-pyrrole nitrogens is 1. The lowest BCUT2D eigenvalue weighted by molar-refractivity contribution is 0.510. The molecule has 0 saturated carbocycles. The molecule has 1 heterocycles. The highest BCUT2D eigenvalue weighted by Gasteiger charge is 2.12. The summed E-state index contributed by atoms with van der Waals surface area (Å²) in [5.74, 6) is -2.29. The van der Waals surface area contributed by atoms with E-state index in [0.717, 1.165) is 16.7 Å². The topological polar surface area (TPSA) is 80.9 Å². The Balaban J connectivity index is 0.000000730. The van der Waals surface area contributed by atoms with E-state index >= 15 is 0 Å². The van der Waals surface area contributed by atoms with E-state index in [1.807, 2.05) is 27.7 Å². The van der Waals surface area contributed by atoms with Crippen LogP contribution in [0.5, 0.6) is 0 Å². The molecular weight excluding hydrogens is 328 g/mol. The van der Waals surface area contributed by atoms with Gasteiger partial charge in [0, 0.05) is 11.8 Å². The van der Waals surface area contributed by atoms with Gasteiger partial charge in [0.05, 0.1) is 16.6 Å². The number of nitrogens with one attached hydrogen (secondary N) is 1. The highest BCUT2D eigenvalue weighted by atomic mass is 19.2. The molecule has 0 bridgehead atoms. The van der Waals surface area contributed by atoms with Gasteiger partial charge in [0.2, 0.25) is 0 Å². The molecule has 0 radical (unpaired) electrons. The van der Waals surface area contributed by atoms with Crippen molar-refractivity contribution in [1.82, 2.24) is 9.55 Å². The molecule has 0 amide bonds. The smallest absolute Gasteiger partial charge is 0.333 e. The third-order valence-corrected chi connectivity index (χ3v) is 3.09. The number of anilines is 1. The first kappa shape index (κ1) is 20.1. The second-order valence-corrected chi connectivity index (χ2v) is 4.47. The zero-order valence-electron chi connectivity index (χ0n) is 14.6. The van der Waals surface area contributed by atoms with Gasteiger partial charge >= 0.3 is 5.69 Å². The number of fused-ring (bicyclic) bond motifs is 1. The zero-order valence-corrected chi connectivity index (χ0v) is 14.6. The van der Waals surface area contributed by atoms with Crippen molar-refractivity contribution in [2.24, 2.45) is 0 Å². The van der Waals surface area contributed by atoms with E-state index in [2.05, 4.69) is 4.98 Å². The predicted octanol–water partition coefficient (Wildman–Crippen LogP) is 3.59. The normalized spacial score (nSPS) is 9.68. The summed E-state index contributed by atoms with van der Waals surface area (Å²) < 4.78 is 27.3. The van der Waals surface area contributed by atoms with Crippen LogP contribution < -0.4 is 17.0 Å². The largest absolute Gasteiger partial charge is 0.399 e. The first-order valence-electron chi connectivity index (χ1n) is 7.97. The maximum atomic E-state index is 13.3. The Morgan fingerprint density at radius 2 is 1.44 bits per heavy atom. The lowest BCUT2D eigenvalue weighted by atomic mass is 10.2. The van der Waals surface area contributed by atoms with Gasteiger partial charge < -0.3 is 10.7 Å². The third kappa shape index (κ3) is 4.12. The van der Waals surface area contributed by atoms with Gasteiger partial charge in [0.25, 0.3) is 5.56 Å². The van der Waals surface area contributed by atoms with Crippen molar-refractivity contribution in [3.63, 3.8) is 0 Å². The Kier molecular flexibility index (Phi) is 7.05. The summed E-state index contributed by atoms with van der Waals surface area (Å²) in [5.41, 5.74) is 4.75. The van der Waals surface area contributed by atoms with Crippen LogP contribution in [0.1, 0.15) is 27.7 Å². The molecule has 3 rings (SSSR count). The highest BCUT2D eigenvalue weighted by molar-refractivity contribution is 5.77. The molecule has 134 valence electrons. The molecule has 0 spiro atoms. The molecule has 3 aromatic rings. The van der Waals surface area contributed by atoms with E-state index in [0.29, 0.717) is 5.69 Å². The summed E-state index contributed by atoms with van der Waals surface area (Å²) >= 11 is 0. The van der Waals surface area contributed by atoms with Gasteiger partial charge in [-0.05, 0) is 30.3 Å². The Hall–Kier alpha value is -2.96. The molecule has 0 unspecified atom stereocenters. The number of hydrogen-bond acceptors (Lipinski definition) is 3. The summed E-state index contributed by atoms with van der Waals surface area (Å²) in [6, 6.07) is 7.56. The molecule has 1 aromatic heterocycles. The molecule has 0 aliphatic rings. The fourth-order valence-electron chi connectivity index (χ4n) is 2.07. The van der Waals surface area contributed by atoms with Crippen LogP contribution in [0.15, 0.2) is 46.0 Å². The van der Waals surface area contributed by atoms with E-state index in [1.54, 1.807) is 0 Å². The Morgan fingerprint density at radius 1 is 0.920 bits per heavy atom. The number of nitrogen functional groups attached to an aromatic ring is 1. The standard InChI is InChI=1S/C14H9F2N3O2.2C2H6/c15-10-5-9-12(6-11(10)16)18-14(21)19(13(9)20)8-3-1-7(17)2-4-8;2*1-2/h1-6H,17H2,(H,18,21);2*1-2H3. The first-order valence-corrected chi connectivity index (χ1v) is 7.97. The number of hydrogen-bond donors (Lipinski definition) is 2. The van der Waals surface area contributed by atoms with Gasteiger partial charge in [-0.3, -0.25) is 4.79 Å². The minimum Gasteiger partial charge on any atom is -0.399 e.